The van der Waals surface area contributed by atoms with Gasteiger partial charge < -0.3 is 0 Å². The van der Waals surface area contributed by atoms with Crippen molar-refractivity contribution in [1.82, 2.24) is 0 Å². The van der Waals surface area contributed by atoms with E-state index in [1.165, 1.54) is 32.4 Å². The molecule has 1 heterocycles. The molecule has 2 nitrogen and oxygen atoms in total. The maximum absolute atomic E-state index is 13.8. The van der Waals surface area contributed by atoms with Crippen LogP contribution in [0.5, 0.6) is 0 Å². The second-order valence-corrected chi connectivity index (χ2v) is 16.2. The van der Waals surface area contributed by atoms with Crippen molar-refractivity contribution in [3.05, 3.63) is 183 Å². The van der Waals surface area contributed by atoms with Crippen LogP contribution >= 0.6 is 7.26 Å². The molecule has 6 aromatic rings. The van der Waals surface area contributed by atoms with Crippen molar-refractivity contribution >= 4 is 56.8 Å². The van der Waals surface area contributed by atoms with E-state index >= 15 is 0 Å². The molecular weight excluding hydrogens is 794 g/mol. The van der Waals surface area contributed by atoms with Crippen molar-refractivity contribution in [3.63, 3.8) is 0 Å². The SMILES string of the molecule is CC=C1CCCC1=CC(=C([C]#[Os])[P+](c1ccccc1)(c1ccccc1)c1ccccc1)c1ccc2c(=O)c3ccc(/C=C/C)cc3oc2c1. The first kappa shape index (κ1) is 32.9. The molecule has 49 heavy (non-hydrogen) atoms. The third-order valence-corrected chi connectivity index (χ3v) is 14.8. The quantitative estimate of drug-likeness (QED) is 0.119. The van der Waals surface area contributed by atoms with Gasteiger partial charge in [-0.15, -0.1) is 0 Å². The molecule has 0 amide bonds. The molecule has 0 N–H and O–H groups in total. The molecule has 0 atom stereocenters. The van der Waals surface area contributed by atoms with Crippen LogP contribution in [0.2, 0.25) is 0 Å². The average Bonchev–Trinajstić information content (AvgIpc) is 3.61. The predicted molar refractivity (Wildman–Crippen MR) is 206 cm³/mol. The summed E-state index contributed by atoms with van der Waals surface area (Å²) in [5.41, 5.74) is 7.05. The maximum atomic E-state index is 13.8. The number of allylic oxidation sites excluding steroid dienone is 7. The van der Waals surface area contributed by atoms with Gasteiger partial charge in [0.25, 0.3) is 0 Å². The molecule has 5 aromatic carbocycles. The molecule has 1 saturated carbocycles. The zero-order valence-electron chi connectivity index (χ0n) is 27.7. The van der Waals surface area contributed by atoms with Crippen LogP contribution in [-0.4, -0.2) is 0 Å². The van der Waals surface area contributed by atoms with Gasteiger partial charge >= 0.3 is 293 Å². The second-order valence-electron chi connectivity index (χ2n) is 12.3. The van der Waals surface area contributed by atoms with Gasteiger partial charge in [-0.1, -0.05) is 0 Å². The summed E-state index contributed by atoms with van der Waals surface area (Å²) < 4.78 is 10.4. The van der Waals surface area contributed by atoms with Crippen LogP contribution in [0.4, 0.5) is 0 Å². The van der Waals surface area contributed by atoms with Crippen LogP contribution in [0.3, 0.4) is 0 Å². The summed E-state index contributed by atoms with van der Waals surface area (Å²) in [6.45, 7) is 4.13. The van der Waals surface area contributed by atoms with Gasteiger partial charge in [0, 0.05) is 0 Å². The molecule has 241 valence electrons. The summed E-state index contributed by atoms with van der Waals surface area (Å²) in [4.78, 5) is 13.8. The van der Waals surface area contributed by atoms with Gasteiger partial charge in [0.15, 0.2) is 0 Å². The predicted octanol–water partition coefficient (Wildman–Crippen LogP) is 10.2. The summed E-state index contributed by atoms with van der Waals surface area (Å²) in [7, 11) is -2.48. The molecule has 7 rings (SSSR count). The molecule has 1 fully saturated rings. The Balaban J connectivity index is 1.62. The molecule has 1 aliphatic carbocycles. The molecule has 0 unspecified atom stereocenters. The first-order chi connectivity index (χ1) is 24.1. The van der Waals surface area contributed by atoms with Crippen molar-refractivity contribution in [2.24, 2.45) is 0 Å². The molecule has 0 radical (unpaired) electrons. The Morgan fingerprint density at radius 1 is 0.714 bits per heavy atom. The Morgan fingerprint density at radius 2 is 1.27 bits per heavy atom. The van der Waals surface area contributed by atoms with E-state index < -0.39 is 7.26 Å². The summed E-state index contributed by atoms with van der Waals surface area (Å²) in [5.74, 6) is 0. The Bertz CT molecular complexity index is 2300. The Labute approximate surface area is 298 Å². The van der Waals surface area contributed by atoms with Crippen molar-refractivity contribution < 1.29 is 22.4 Å². The van der Waals surface area contributed by atoms with Gasteiger partial charge in [-0.3, -0.25) is 0 Å². The molecule has 1 aromatic heterocycles. The molecular formula is C45H37O2OsP+. The van der Waals surface area contributed by atoms with E-state index in [4.69, 9.17) is 4.42 Å². The standard InChI is InChI=1S/C45H37O2P.Os/c1-4-16-33-25-27-40-43(29-33)47-44-31-36(26-28-41(44)45(40)46)42(30-35-18-15-17-34(35)5-2)32(3)48(37-19-9-6-10-20-37,38-21-11-7-12-22-38)39-23-13-8-14-24-39;/h4-14,16,19-31H,15,17-18H2,1-2H3;/q+1;/b16-4+,34-5?,35-30?,42-32?;. The van der Waals surface area contributed by atoms with E-state index in [0.717, 1.165) is 36.0 Å². The number of rotatable bonds is 7. The molecule has 1 aliphatic rings. The zero-order valence-corrected chi connectivity index (χ0v) is 31.1. The zero-order chi connectivity index (χ0) is 33.8. The second kappa shape index (κ2) is 14.5. The van der Waals surface area contributed by atoms with Gasteiger partial charge in [-0.25, -0.2) is 0 Å². The first-order valence-electron chi connectivity index (χ1n) is 16.7. The third kappa shape index (κ3) is 6.10. The average molecular weight is 831 g/mol. The minimum absolute atomic E-state index is 0.0132. The fraction of sp³-hybridized carbons (Fsp3) is 0.111. The van der Waals surface area contributed by atoms with E-state index in [-0.39, 0.29) is 5.43 Å². The molecule has 0 spiro atoms. The van der Waals surface area contributed by atoms with Crippen molar-refractivity contribution in [2.75, 3.05) is 0 Å². The third-order valence-electron chi connectivity index (χ3n) is 9.44. The van der Waals surface area contributed by atoms with E-state index in [1.807, 2.05) is 43.3 Å². The van der Waals surface area contributed by atoms with Crippen LogP contribution in [0.1, 0.15) is 44.2 Å². The van der Waals surface area contributed by atoms with Crippen molar-refractivity contribution in [3.8, 4) is 4.37 Å². The number of hydrogen-bond acceptors (Lipinski definition) is 2. The van der Waals surface area contributed by atoms with E-state index in [2.05, 4.69) is 127 Å². The van der Waals surface area contributed by atoms with Crippen molar-refractivity contribution in [1.29, 1.82) is 0 Å². The van der Waals surface area contributed by atoms with Crippen molar-refractivity contribution in [2.45, 2.75) is 33.1 Å². The van der Waals surface area contributed by atoms with Crippen LogP contribution in [0.25, 0.3) is 33.6 Å². The number of benzene rings is 5. The Hall–Kier alpha value is -4.62. The number of fused-ring (bicyclic) bond motifs is 2. The van der Waals surface area contributed by atoms with Gasteiger partial charge in [-0.2, -0.15) is 0 Å². The fourth-order valence-electron chi connectivity index (χ4n) is 7.16. The van der Waals surface area contributed by atoms with Gasteiger partial charge in [-0.05, 0) is 6.92 Å². The summed E-state index contributed by atoms with van der Waals surface area (Å²) >= 11 is 1.79. The van der Waals surface area contributed by atoms with Crippen LogP contribution in [-0.2, 0) is 17.9 Å². The molecule has 4 heteroatoms. The summed E-state index contributed by atoms with van der Waals surface area (Å²) in [6.07, 6.45) is 11.9. The number of hydrogen-bond donors (Lipinski definition) is 0. The normalized spacial score (nSPS) is 15.7. The van der Waals surface area contributed by atoms with Crippen LogP contribution < -0.4 is 21.3 Å². The van der Waals surface area contributed by atoms with Crippen LogP contribution in [0, 0.1) is 4.37 Å². The monoisotopic (exact) mass is 832 g/mol. The fourth-order valence-corrected chi connectivity index (χ4v) is 13.0. The van der Waals surface area contributed by atoms with E-state index in [1.54, 1.807) is 17.9 Å². The summed E-state index contributed by atoms with van der Waals surface area (Å²) in [6, 6.07) is 44.8. The Kier molecular flexibility index (Phi) is 9.71. The van der Waals surface area contributed by atoms with E-state index in [9.17, 15) is 4.79 Å². The van der Waals surface area contributed by atoms with Crippen LogP contribution in [0.15, 0.2) is 171 Å². The van der Waals surface area contributed by atoms with Gasteiger partial charge in [0.2, 0.25) is 0 Å². The van der Waals surface area contributed by atoms with E-state index in [0.29, 0.717) is 21.9 Å². The molecule has 0 bridgehead atoms. The minimum atomic E-state index is -2.48. The topological polar surface area (TPSA) is 30.2 Å². The summed E-state index contributed by atoms with van der Waals surface area (Å²) in [5, 5.41) is 6.15. The molecule has 0 aliphatic heterocycles. The Morgan fingerprint density at radius 3 is 1.82 bits per heavy atom. The first-order valence-corrected chi connectivity index (χ1v) is 19.8. The van der Waals surface area contributed by atoms with Gasteiger partial charge in [0.05, 0.1) is 0 Å². The molecule has 0 saturated heterocycles. The van der Waals surface area contributed by atoms with Gasteiger partial charge in [0.1, 0.15) is 0 Å².